The molecule has 2 aliphatic rings. The molecule has 3 atom stereocenters. The van der Waals surface area contributed by atoms with E-state index in [0.29, 0.717) is 0 Å². The van der Waals surface area contributed by atoms with Crippen molar-refractivity contribution in [3.8, 4) is 0 Å². The van der Waals surface area contributed by atoms with Gasteiger partial charge in [0.15, 0.2) is 17.1 Å². The van der Waals surface area contributed by atoms with Gasteiger partial charge in [0.25, 0.3) is 0 Å². The Labute approximate surface area is 115 Å². The second-order valence-corrected chi connectivity index (χ2v) is 5.89. The van der Waals surface area contributed by atoms with Crippen molar-refractivity contribution in [1.29, 1.82) is 0 Å². The van der Waals surface area contributed by atoms with Crippen molar-refractivity contribution in [2.24, 2.45) is 5.16 Å². The zero-order valence-corrected chi connectivity index (χ0v) is 11.5. The van der Waals surface area contributed by atoms with E-state index < -0.39 is 35.2 Å². The summed E-state index contributed by atoms with van der Waals surface area (Å²) >= 11 is 0. The highest BCUT2D eigenvalue weighted by Gasteiger charge is 2.52. The molecular formula is C13H17NO6. The zero-order valence-electron chi connectivity index (χ0n) is 11.5. The normalized spacial score (nSPS) is 33.0. The summed E-state index contributed by atoms with van der Waals surface area (Å²) in [5.41, 5.74) is -2.06. The summed E-state index contributed by atoms with van der Waals surface area (Å²) in [5, 5.41) is 23.2. The summed E-state index contributed by atoms with van der Waals surface area (Å²) < 4.78 is 5.15. The highest BCUT2D eigenvalue weighted by Crippen LogP contribution is 2.34. The third-order valence-corrected chi connectivity index (χ3v) is 3.02. The summed E-state index contributed by atoms with van der Waals surface area (Å²) in [4.78, 5) is 28.2. The van der Waals surface area contributed by atoms with Crippen molar-refractivity contribution in [1.82, 2.24) is 0 Å². The molecule has 0 radical (unpaired) electrons. The van der Waals surface area contributed by atoms with Gasteiger partial charge in [0.05, 0.1) is 0 Å². The van der Waals surface area contributed by atoms with Crippen LogP contribution in [0.1, 0.15) is 27.2 Å². The fraction of sp³-hybridized carbons (Fsp3) is 0.615. The molecule has 1 aliphatic carbocycles. The molecule has 1 spiro atoms. The van der Waals surface area contributed by atoms with E-state index in [1.807, 2.05) is 0 Å². The molecule has 0 aromatic carbocycles. The Morgan fingerprint density at radius 1 is 1.50 bits per heavy atom. The van der Waals surface area contributed by atoms with E-state index in [1.54, 1.807) is 20.8 Å². The van der Waals surface area contributed by atoms with E-state index in [2.05, 4.69) is 5.16 Å². The van der Waals surface area contributed by atoms with Crippen LogP contribution in [0.2, 0.25) is 0 Å². The molecule has 0 unspecified atom stereocenters. The van der Waals surface area contributed by atoms with Crippen LogP contribution < -0.4 is 0 Å². The quantitative estimate of drug-likeness (QED) is 0.640. The lowest BCUT2D eigenvalue weighted by Crippen LogP contribution is -2.53. The highest BCUT2D eigenvalue weighted by molar-refractivity contribution is 6.37. The predicted molar refractivity (Wildman–Crippen MR) is 67.9 cm³/mol. The number of rotatable bonds is 1. The Hall–Kier alpha value is -1.73. The van der Waals surface area contributed by atoms with Gasteiger partial charge in [0, 0.05) is 6.42 Å². The molecule has 2 N–H and O–H groups in total. The van der Waals surface area contributed by atoms with Gasteiger partial charge < -0.3 is 19.8 Å². The smallest absolute Gasteiger partial charge is 0.356 e. The maximum Gasteiger partial charge on any atom is 0.356 e. The van der Waals surface area contributed by atoms with Gasteiger partial charge in [-0.15, -0.1) is 0 Å². The number of ketones is 1. The van der Waals surface area contributed by atoms with E-state index in [4.69, 9.17) is 9.57 Å². The van der Waals surface area contributed by atoms with Crippen molar-refractivity contribution in [2.45, 2.75) is 50.6 Å². The molecule has 0 saturated heterocycles. The van der Waals surface area contributed by atoms with Crippen LogP contribution in [0.3, 0.4) is 0 Å². The van der Waals surface area contributed by atoms with Crippen molar-refractivity contribution < 1.29 is 29.4 Å². The summed E-state index contributed by atoms with van der Waals surface area (Å²) in [7, 11) is 0. The molecule has 110 valence electrons. The summed E-state index contributed by atoms with van der Waals surface area (Å²) in [5.74, 6) is -1.26. The fourth-order valence-corrected chi connectivity index (χ4v) is 2.00. The Morgan fingerprint density at radius 2 is 2.15 bits per heavy atom. The topological polar surface area (TPSA) is 105 Å². The minimum absolute atomic E-state index is 0.00479. The first-order chi connectivity index (χ1) is 9.15. The number of hydrogen-bond acceptors (Lipinski definition) is 7. The van der Waals surface area contributed by atoms with Gasteiger partial charge >= 0.3 is 5.97 Å². The van der Waals surface area contributed by atoms with E-state index in [9.17, 15) is 19.8 Å². The van der Waals surface area contributed by atoms with E-state index in [1.165, 1.54) is 6.08 Å². The van der Waals surface area contributed by atoms with Gasteiger partial charge in [0.1, 0.15) is 17.8 Å². The average Bonchev–Trinajstić information content (AvgIpc) is 2.76. The van der Waals surface area contributed by atoms with E-state index in [0.717, 1.165) is 6.08 Å². The van der Waals surface area contributed by atoms with Gasteiger partial charge in [-0.25, -0.2) is 4.79 Å². The van der Waals surface area contributed by atoms with Crippen molar-refractivity contribution in [3.63, 3.8) is 0 Å². The van der Waals surface area contributed by atoms with Crippen LogP contribution >= 0.6 is 0 Å². The van der Waals surface area contributed by atoms with Crippen LogP contribution in [0.25, 0.3) is 0 Å². The molecule has 0 fully saturated rings. The minimum Gasteiger partial charge on any atom is -0.455 e. The molecule has 7 nitrogen and oxygen atoms in total. The molecule has 0 bridgehead atoms. The van der Waals surface area contributed by atoms with Gasteiger partial charge in [0.2, 0.25) is 0 Å². The van der Waals surface area contributed by atoms with Crippen LogP contribution in [0, 0.1) is 0 Å². The number of carbonyl (C=O) groups is 2. The van der Waals surface area contributed by atoms with E-state index >= 15 is 0 Å². The van der Waals surface area contributed by atoms with Crippen molar-refractivity contribution in [3.05, 3.63) is 12.2 Å². The largest absolute Gasteiger partial charge is 0.455 e. The number of hydrogen-bond donors (Lipinski definition) is 2. The number of carbonyl (C=O) groups excluding carboxylic acids is 2. The molecule has 0 aromatic heterocycles. The lowest BCUT2D eigenvalue weighted by molar-refractivity contribution is -0.149. The van der Waals surface area contributed by atoms with Crippen LogP contribution in [0.15, 0.2) is 17.3 Å². The number of nitrogens with zero attached hydrogens (tertiary/aromatic N) is 1. The van der Waals surface area contributed by atoms with Gasteiger partial charge in [-0.2, -0.15) is 0 Å². The zero-order chi connectivity index (χ0) is 15.1. The lowest BCUT2D eigenvalue weighted by atomic mass is 9.82. The first kappa shape index (κ1) is 14.7. The molecule has 7 heteroatoms. The van der Waals surface area contributed by atoms with Gasteiger partial charge in [-0.1, -0.05) is 5.16 Å². The average molecular weight is 283 g/mol. The summed E-state index contributed by atoms with van der Waals surface area (Å²) in [6.07, 6.45) is -0.709. The minimum atomic E-state index is -1.59. The Bertz CT molecular complexity index is 503. The SMILES string of the molecule is CC(C)(C)OC(=O)C1=NO[C@]2(C=CC(=O)[C@H](O)[C@@H]2O)C1. The maximum atomic E-state index is 11.9. The standard InChI is InChI=1S/C13H17NO6/c1-12(2,3)19-11(18)7-6-13(20-14-7)5-4-8(15)9(16)10(13)17/h4-5,9-10,16-17H,6H2,1-3H3/t9-,10-,13+/m0/s1. The molecular weight excluding hydrogens is 266 g/mol. The monoisotopic (exact) mass is 283 g/mol. The third kappa shape index (κ3) is 2.59. The summed E-state index contributed by atoms with van der Waals surface area (Å²) in [6, 6.07) is 0. The van der Waals surface area contributed by atoms with Crippen LogP contribution in [0.5, 0.6) is 0 Å². The van der Waals surface area contributed by atoms with Crippen LogP contribution in [-0.4, -0.2) is 51.1 Å². The maximum absolute atomic E-state index is 11.9. The van der Waals surface area contributed by atoms with Crippen molar-refractivity contribution in [2.75, 3.05) is 0 Å². The number of ether oxygens (including phenoxy) is 1. The van der Waals surface area contributed by atoms with Gasteiger partial charge in [-0.3, -0.25) is 4.79 Å². The number of oxime groups is 1. The fourth-order valence-electron chi connectivity index (χ4n) is 2.00. The first-order valence-electron chi connectivity index (χ1n) is 6.22. The molecule has 0 amide bonds. The van der Waals surface area contributed by atoms with Gasteiger partial charge in [-0.05, 0) is 32.9 Å². The lowest BCUT2D eigenvalue weighted by Gasteiger charge is -2.33. The van der Waals surface area contributed by atoms with Crippen LogP contribution in [-0.2, 0) is 19.2 Å². The number of aliphatic hydroxyl groups excluding tert-OH is 2. The Morgan fingerprint density at radius 3 is 2.75 bits per heavy atom. The molecule has 1 aliphatic heterocycles. The first-order valence-corrected chi connectivity index (χ1v) is 6.22. The number of esters is 1. The summed E-state index contributed by atoms with van der Waals surface area (Å²) in [6.45, 7) is 5.15. The van der Waals surface area contributed by atoms with Crippen molar-refractivity contribution >= 4 is 17.5 Å². The Kier molecular flexibility index (Phi) is 3.43. The second-order valence-electron chi connectivity index (χ2n) is 5.89. The van der Waals surface area contributed by atoms with Crippen LogP contribution in [0.4, 0.5) is 0 Å². The molecule has 0 saturated carbocycles. The highest BCUT2D eigenvalue weighted by atomic mass is 16.7. The molecule has 1 heterocycles. The van der Waals surface area contributed by atoms with E-state index in [-0.39, 0.29) is 12.1 Å². The Balaban J connectivity index is 2.13. The predicted octanol–water partition coefficient (Wildman–Crippen LogP) is -0.296. The number of aliphatic hydroxyl groups is 2. The molecule has 2 rings (SSSR count). The second kappa shape index (κ2) is 4.68. The molecule has 0 aromatic rings. The third-order valence-electron chi connectivity index (χ3n) is 3.02. The molecule has 20 heavy (non-hydrogen) atoms.